The molecule has 2 saturated heterocycles. The Hall–Kier alpha value is -1.18. The van der Waals surface area contributed by atoms with Crippen LogP contribution in [0.25, 0.3) is 0 Å². The molecule has 0 radical (unpaired) electrons. The molecular weight excluding hydrogens is 564 g/mol. The van der Waals surface area contributed by atoms with Crippen molar-refractivity contribution in [2.75, 3.05) is 33.8 Å². The van der Waals surface area contributed by atoms with Crippen LogP contribution in [0, 0.1) is 51.2 Å². The van der Waals surface area contributed by atoms with Crippen molar-refractivity contribution in [2.24, 2.45) is 51.2 Å². The monoisotopic (exact) mass is 624 g/mol. The molecule has 10 unspecified atom stereocenters. The predicted octanol–water partition coefficient (Wildman–Crippen LogP) is 6.43. The number of hydrogen-bond donors (Lipinski definition) is 0. The highest BCUT2D eigenvalue weighted by Crippen LogP contribution is 2.87. The lowest BCUT2D eigenvalue weighted by molar-refractivity contribution is -0.244. The van der Waals surface area contributed by atoms with Crippen LogP contribution in [0.2, 0.25) is 0 Å². The van der Waals surface area contributed by atoms with Crippen LogP contribution in [0.1, 0.15) is 117 Å². The van der Waals surface area contributed by atoms with E-state index in [1.165, 1.54) is 64.2 Å². The summed E-state index contributed by atoms with van der Waals surface area (Å²) in [6, 6.07) is 0. The third kappa shape index (κ3) is 4.89. The highest BCUT2D eigenvalue weighted by molar-refractivity contribution is 5.77. The summed E-state index contributed by atoms with van der Waals surface area (Å²) in [5, 5.41) is 0. The van der Waals surface area contributed by atoms with Crippen LogP contribution in [0.4, 0.5) is 0 Å². The molecule has 8 aliphatic rings. The van der Waals surface area contributed by atoms with E-state index in [2.05, 4.69) is 20.8 Å². The fraction of sp³-hybridized carbons (Fsp3) is 0.947. The molecule has 0 bridgehead atoms. The predicted molar refractivity (Wildman–Crippen MR) is 172 cm³/mol. The van der Waals surface area contributed by atoms with Crippen LogP contribution in [-0.4, -0.2) is 80.0 Å². The quantitative estimate of drug-likeness (QED) is 0.327. The van der Waals surface area contributed by atoms with Crippen molar-refractivity contribution in [2.45, 2.75) is 142 Å². The number of morpholine rings is 1. The Morgan fingerprint density at radius 2 is 1.71 bits per heavy atom. The molecule has 2 spiro atoms. The van der Waals surface area contributed by atoms with Crippen molar-refractivity contribution >= 4 is 11.8 Å². The van der Waals surface area contributed by atoms with E-state index in [1.54, 1.807) is 4.90 Å². The number of fused-ring (bicyclic) bond motifs is 4. The molecule has 0 aromatic carbocycles. The molecule has 8 rings (SSSR count). The minimum atomic E-state index is -0.285. The smallest absolute Gasteiger partial charge is 0.223 e. The van der Waals surface area contributed by atoms with Gasteiger partial charge in [-0.2, -0.15) is 0 Å². The van der Waals surface area contributed by atoms with E-state index in [4.69, 9.17) is 14.2 Å². The first-order chi connectivity index (χ1) is 21.5. The van der Waals surface area contributed by atoms with Gasteiger partial charge in [-0.05, 0) is 135 Å². The van der Waals surface area contributed by atoms with E-state index in [9.17, 15) is 9.59 Å². The van der Waals surface area contributed by atoms with E-state index in [0.29, 0.717) is 78.5 Å². The average molecular weight is 625 g/mol. The maximum atomic E-state index is 12.9. The molecule has 252 valence electrons. The summed E-state index contributed by atoms with van der Waals surface area (Å²) in [5.41, 5.74) is 1.55. The summed E-state index contributed by atoms with van der Waals surface area (Å²) >= 11 is 0. The lowest BCUT2D eigenvalue weighted by Crippen LogP contribution is -2.56. The van der Waals surface area contributed by atoms with Crippen LogP contribution in [0.15, 0.2) is 0 Å². The molecule has 0 aromatic rings. The van der Waals surface area contributed by atoms with Crippen LogP contribution in [-0.2, 0) is 23.8 Å². The van der Waals surface area contributed by atoms with Gasteiger partial charge in [0.2, 0.25) is 11.8 Å². The maximum absolute atomic E-state index is 12.9. The Balaban J connectivity index is 0.927. The van der Waals surface area contributed by atoms with Crippen LogP contribution in [0.3, 0.4) is 0 Å². The zero-order valence-corrected chi connectivity index (χ0v) is 28.9. The van der Waals surface area contributed by atoms with E-state index in [-0.39, 0.29) is 29.8 Å². The Bertz CT molecular complexity index is 1180. The number of carbonyl (C=O) groups is 2. The molecule has 0 N–H and O–H groups in total. The Kier molecular flexibility index (Phi) is 7.55. The Morgan fingerprint density at radius 3 is 2.49 bits per heavy atom. The van der Waals surface area contributed by atoms with E-state index in [0.717, 1.165) is 31.1 Å². The summed E-state index contributed by atoms with van der Waals surface area (Å²) < 4.78 is 19.8. The van der Waals surface area contributed by atoms with Gasteiger partial charge in [-0.1, -0.05) is 20.8 Å². The normalized spacial score (nSPS) is 47.9. The van der Waals surface area contributed by atoms with Gasteiger partial charge in [0.05, 0.1) is 31.5 Å². The molecule has 7 nitrogen and oxygen atoms in total. The summed E-state index contributed by atoms with van der Waals surface area (Å²) in [7, 11) is 3.72. The summed E-state index contributed by atoms with van der Waals surface area (Å²) in [5.74, 6) is 4.17. The Morgan fingerprint density at radius 1 is 0.911 bits per heavy atom. The molecule has 8 fully saturated rings. The first-order valence-corrected chi connectivity index (χ1v) is 18.9. The minimum absolute atomic E-state index is 0.112. The van der Waals surface area contributed by atoms with Gasteiger partial charge in [-0.3, -0.25) is 9.59 Å². The molecule has 2 amide bonds. The van der Waals surface area contributed by atoms with Gasteiger partial charge in [0, 0.05) is 33.5 Å². The second-order valence-electron chi connectivity index (χ2n) is 18.2. The van der Waals surface area contributed by atoms with Gasteiger partial charge < -0.3 is 24.0 Å². The third-order valence-electron chi connectivity index (χ3n) is 15.7. The van der Waals surface area contributed by atoms with Crippen LogP contribution >= 0.6 is 0 Å². The van der Waals surface area contributed by atoms with Crippen molar-refractivity contribution in [1.29, 1.82) is 0 Å². The van der Waals surface area contributed by atoms with E-state index >= 15 is 0 Å². The van der Waals surface area contributed by atoms with Crippen molar-refractivity contribution in [3.8, 4) is 0 Å². The van der Waals surface area contributed by atoms with Gasteiger partial charge >= 0.3 is 0 Å². The Labute approximate surface area is 271 Å². The first-order valence-electron chi connectivity index (χ1n) is 18.9. The van der Waals surface area contributed by atoms with Crippen molar-refractivity contribution in [3.05, 3.63) is 0 Å². The van der Waals surface area contributed by atoms with E-state index in [1.807, 2.05) is 19.0 Å². The molecule has 6 aliphatic carbocycles. The standard InChI is InChI=1S/C38H60N2O5/c1-35(2)30-12-11-26-28-21-29-27(10-8-25(44-29)9-13-32(41)39(4)5)36(28,3)16-17-37(26)23-38(30,37)15-14-31(35)45-34-22-40(18-19-43-34)33(42)20-24-6-7-24/h24-31,34H,6-23H2,1-5H3/t25?,26?,27?,28?,29?,30?,31-,34?,36?,37?,38?/m0/s1. The number of carbonyl (C=O) groups excluding carboxylic acids is 2. The number of ether oxygens (including phenoxy) is 3. The first kappa shape index (κ1) is 31.1. The lowest BCUT2D eigenvalue weighted by atomic mass is 9.46. The second kappa shape index (κ2) is 10.9. The fourth-order valence-corrected chi connectivity index (χ4v) is 13.1. The lowest BCUT2D eigenvalue weighted by Gasteiger charge is -2.60. The molecular formula is C38H60N2O5. The molecule has 0 aromatic heterocycles. The average Bonchev–Trinajstić information content (AvgIpc) is 3.92. The number of hydrogen-bond acceptors (Lipinski definition) is 5. The second-order valence-corrected chi connectivity index (χ2v) is 18.2. The summed E-state index contributed by atoms with van der Waals surface area (Å²) in [4.78, 5) is 28.8. The zero-order valence-electron chi connectivity index (χ0n) is 28.9. The topological polar surface area (TPSA) is 68.3 Å². The maximum Gasteiger partial charge on any atom is 0.223 e. The highest BCUT2D eigenvalue weighted by atomic mass is 16.7. The molecule has 11 atom stereocenters. The number of rotatable bonds is 7. The van der Waals surface area contributed by atoms with Gasteiger partial charge in [0.25, 0.3) is 0 Å². The van der Waals surface area contributed by atoms with Gasteiger partial charge in [-0.25, -0.2) is 0 Å². The molecule has 2 aliphatic heterocycles. The number of amides is 2. The minimum Gasteiger partial charge on any atom is -0.375 e. The van der Waals surface area contributed by atoms with Crippen LogP contribution in [0.5, 0.6) is 0 Å². The van der Waals surface area contributed by atoms with Gasteiger partial charge in [0.15, 0.2) is 6.29 Å². The highest BCUT2D eigenvalue weighted by Gasteiger charge is 2.80. The van der Waals surface area contributed by atoms with Crippen molar-refractivity contribution < 1.29 is 23.8 Å². The third-order valence-corrected chi connectivity index (χ3v) is 15.7. The van der Waals surface area contributed by atoms with Gasteiger partial charge in [0.1, 0.15) is 0 Å². The summed E-state index contributed by atoms with van der Waals surface area (Å²) in [6.07, 6.45) is 18.2. The van der Waals surface area contributed by atoms with Crippen molar-refractivity contribution in [3.63, 3.8) is 0 Å². The largest absolute Gasteiger partial charge is 0.375 e. The summed E-state index contributed by atoms with van der Waals surface area (Å²) in [6.45, 7) is 9.54. The fourth-order valence-electron chi connectivity index (χ4n) is 13.1. The molecule has 45 heavy (non-hydrogen) atoms. The van der Waals surface area contributed by atoms with Crippen molar-refractivity contribution in [1.82, 2.24) is 9.80 Å². The molecule has 7 heteroatoms. The number of nitrogens with zero attached hydrogens (tertiary/aromatic N) is 2. The zero-order chi connectivity index (χ0) is 31.4. The van der Waals surface area contributed by atoms with Crippen LogP contribution < -0.4 is 0 Å². The molecule has 6 saturated carbocycles. The SMILES string of the molecule is CN(C)C(=O)CCC1CCC2C(CC3C4CCC5C(C)(C)[C@@H](OC6CN(C(=O)CC7CC7)CCO6)CCC56CC46CCC23C)O1. The molecule has 2 heterocycles. The van der Waals surface area contributed by atoms with E-state index < -0.39 is 0 Å². The van der Waals surface area contributed by atoms with Gasteiger partial charge in [-0.15, -0.1) is 0 Å².